The van der Waals surface area contributed by atoms with E-state index >= 15 is 0 Å². The van der Waals surface area contributed by atoms with Crippen molar-refractivity contribution in [1.82, 2.24) is 9.78 Å². The summed E-state index contributed by atoms with van der Waals surface area (Å²) in [4.78, 5) is 11.7. The molecule has 0 bridgehead atoms. The Labute approximate surface area is 97.8 Å². The number of carbonyl (C=O) groups excluding carboxylic acids is 1. The molecule has 1 aromatic heterocycles. The molecule has 0 saturated carbocycles. The Morgan fingerprint density at radius 3 is 2.44 bits per heavy atom. The lowest BCUT2D eigenvalue weighted by Crippen LogP contribution is -2.16. The van der Waals surface area contributed by atoms with Gasteiger partial charge >= 0.3 is 0 Å². The number of hydrogen-bond acceptors (Lipinski definition) is 2. The van der Waals surface area contributed by atoms with Crippen LogP contribution in [0.5, 0.6) is 0 Å². The molecule has 0 fully saturated rings. The Hall–Kier alpha value is -1.56. The molecule has 2 rings (SSSR count). The second kappa shape index (κ2) is 4.13. The van der Waals surface area contributed by atoms with Gasteiger partial charge < -0.3 is 0 Å². The molecule has 0 saturated heterocycles. The number of halogens is 3. The smallest absolute Gasteiger partial charge is 0.266 e. The third-order valence-corrected chi connectivity index (χ3v) is 2.35. The fourth-order valence-corrected chi connectivity index (χ4v) is 1.51. The summed E-state index contributed by atoms with van der Waals surface area (Å²) in [7, 11) is 0. The maximum Gasteiger partial charge on any atom is 0.284 e. The van der Waals surface area contributed by atoms with Crippen LogP contribution in [0.15, 0.2) is 35.1 Å². The van der Waals surface area contributed by atoms with Gasteiger partial charge in [0.1, 0.15) is 17.2 Å². The molecule has 0 amide bonds. The molecule has 0 radical (unpaired) electrons. The van der Waals surface area contributed by atoms with E-state index in [1.165, 1.54) is 18.5 Å². The van der Waals surface area contributed by atoms with Crippen LogP contribution in [0.25, 0.3) is 0 Å². The minimum atomic E-state index is -0.906. The maximum absolute atomic E-state index is 13.3. The monoisotopic (exact) mass is 286 g/mol. The van der Waals surface area contributed by atoms with Gasteiger partial charge in [-0.3, -0.25) is 4.79 Å². The van der Waals surface area contributed by atoms with E-state index in [9.17, 15) is 13.6 Å². The quantitative estimate of drug-likeness (QED) is 0.808. The van der Waals surface area contributed by atoms with Crippen molar-refractivity contribution in [2.24, 2.45) is 0 Å². The fraction of sp³-hybridized carbons (Fsp3) is 0. The van der Waals surface area contributed by atoms with Gasteiger partial charge in [0.2, 0.25) is 0 Å². The molecule has 0 N–H and O–H groups in total. The van der Waals surface area contributed by atoms with Crippen LogP contribution in [0.3, 0.4) is 0 Å². The first-order valence-electron chi connectivity index (χ1n) is 4.28. The highest BCUT2D eigenvalue weighted by atomic mass is 79.9. The highest BCUT2D eigenvalue weighted by Crippen LogP contribution is 2.15. The first-order valence-corrected chi connectivity index (χ1v) is 5.08. The molecule has 2 aromatic rings. The van der Waals surface area contributed by atoms with Gasteiger partial charge in [0.05, 0.1) is 10.7 Å². The first kappa shape index (κ1) is 10.9. The highest BCUT2D eigenvalue weighted by Gasteiger charge is 2.19. The van der Waals surface area contributed by atoms with Crippen molar-refractivity contribution in [1.29, 1.82) is 0 Å². The first-order chi connectivity index (χ1) is 7.59. The molecule has 0 aliphatic heterocycles. The summed E-state index contributed by atoms with van der Waals surface area (Å²) in [6, 6.07) is 3.24. The summed E-state index contributed by atoms with van der Waals surface area (Å²) < 4.78 is 28.0. The van der Waals surface area contributed by atoms with Gasteiger partial charge in [-0.2, -0.15) is 5.10 Å². The second-order valence-electron chi connectivity index (χ2n) is 3.00. The van der Waals surface area contributed by atoms with Crippen molar-refractivity contribution in [3.63, 3.8) is 0 Å². The Morgan fingerprint density at radius 1 is 1.31 bits per heavy atom. The summed E-state index contributed by atoms with van der Waals surface area (Å²) >= 11 is 3.09. The number of aromatic nitrogens is 2. The van der Waals surface area contributed by atoms with Crippen LogP contribution in [0.1, 0.15) is 10.4 Å². The lowest BCUT2D eigenvalue weighted by atomic mass is 10.2. The summed E-state index contributed by atoms with van der Waals surface area (Å²) in [6.07, 6.45) is 2.69. The number of hydrogen-bond donors (Lipinski definition) is 0. The van der Waals surface area contributed by atoms with E-state index in [1.807, 2.05) is 0 Å². The second-order valence-corrected chi connectivity index (χ2v) is 3.92. The summed E-state index contributed by atoms with van der Waals surface area (Å²) in [6.45, 7) is 0. The molecule has 0 spiro atoms. The Morgan fingerprint density at radius 2 is 1.94 bits per heavy atom. The van der Waals surface area contributed by atoms with Gasteiger partial charge in [-0.15, -0.1) is 0 Å². The van der Waals surface area contributed by atoms with Crippen LogP contribution < -0.4 is 0 Å². The molecule has 82 valence electrons. The van der Waals surface area contributed by atoms with Gasteiger partial charge in [-0.25, -0.2) is 13.5 Å². The molecule has 0 aliphatic carbocycles. The van der Waals surface area contributed by atoms with Crippen LogP contribution in [0.4, 0.5) is 8.78 Å². The molecular formula is C10H5BrF2N2O. The summed E-state index contributed by atoms with van der Waals surface area (Å²) in [5.74, 6) is -2.66. The van der Waals surface area contributed by atoms with Crippen LogP contribution in [0.2, 0.25) is 0 Å². The molecular weight excluding hydrogens is 282 g/mol. The van der Waals surface area contributed by atoms with Crippen molar-refractivity contribution in [2.45, 2.75) is 0 Å². The largest absolute Gasteiger partial charge is 0.284 e. The van der Waals surface area contributed by atoms with Crippen molar-refractivity contribution < 1.29 is 13.6 Å². The summed E-state index contributed by atoms with van der Waals surface area (Å²) in [5, 5.41) is 3.66. The van der Waals surface area contributed by atoms with Gasteiger partial charge in [-0.05, 0) is 28.1 Å². The van der Waals surface area contributed by atoms with Gasteiger partial charge in [-0.1, -0.05) is 6.07 Å². The Kier molecular flexibility index (Phi) is 2.82. The minimum Gasteiger partial charge on any atom is -0.266 e. The van der Waals surface area contributed by atoms with Crippen LogP contribution in [-0.2, 0) is 0 Å². The zero-order valence-corrected chi connectivity index (χ0v) is 9.41. The van der Waals surface area contributed by atoms with Crippen molar-refractivity contribution in [3.05, 3.63) is 52.3 Å². The third-order valence-electron chi connectivity index (χ3n) is 1.94. The zero-order chi connectivity index (χ0) is 11.7. The SMILES string of the molecule is O=C(c1c(F)cccc1F)n1cc(Br)cn1. The third kappa shape index (κ3) is 1.88. The number of benzene rings is 1. The molecule has 0 aliphatic rings. The lowest BCUT2D eigenvalue weighted by molar-refractivity contribution is 0.0936. The number of rotatable bonds is 1. The van der Waals surface area contributed by atoms with Gasteiger partial charge in [0.15, 0.2) is 0 Å². The van der Waals surface area contributed by atoms with Crippen molar-refractivity contribution in [3.8, 4) is 0 Å². The molecule has 6 heteroatoms. The molecule has 1 heterocycles. The van der Waals surface area contributed by atoms with E-state index in [0.29, 0.717) is 4.47 Å². The van der Waals surface area contributed by atoms with E-state index in [0.717, 1.165) is 16.8 Å². The minimum absolute atomic E-state index is 0.553. The molecule has 16 heavy (non-hydrogen) atoms. The van der Waals surface area contributed by atoms with Crippen LogP contribution in [-0.4, -0.2) is 15.7 Å². The van der Waals surface area contributed by atoms with Crippen LogP contribution in [0, 0.1) is 11.6 Å². The predicted octanol–water partition coefficient (Wildman–Crippen LogP) is 2.61. The average molecular weight is 287 g/mol. The molecule has 3 nitrogen and oxygen atoms in total. The predicted molar refractivity (Wildman–Crippen MR) is 56.0 cm³/mol. The van der Waals surface area contributed by atoms with E-state index in [1.54, 1.807) is 0 Å². The highest BCUT2D eigenvalue weighted by molar-refractivity contribution is 9.10. The zero-order valence-electron chi connectivity index (χ0n) is 7.82. The van der Waals surface area contributed by atoms with Crippen LogP contribution >= 0.6 is 15.9 Å². The maximum atomic E-state index is 13.3. The molecule has 0 unspecified atom stereocenters. The lowest BCUT2D eigenvalue weighted by Gasteiger charge is -2.02. The van der Waals surface area contributed by atoms with Crippen molar-refractivity contribution in [2.75, 3.05) is 0 Å². The Balaban J connectivity index is 2.49. The van der Waals surface area contributed by atoms with E-state index in [2.05, 4.69) is 21.0 Å². The average Bonchev–Trinajstić information content (AvgIpc) is 2.64. The normalized spacial score (nSPS) is 10.4. The van der Waals surface area contributed by atoms with E-state index in [4.69, 9.17) is 0 Å². The van der Waals surface area contributed by atoms with Gasteiger partial charge in [0.25, 0.3) is 5.91 Å². The number of nitrogens with zero attached hydrogens (tertiary/aromatic N) is 2. The molecule has 0 atom stereocenters. The summed E-state index contributed by atoms with van der Waals surface area (Å²) in [5.41, 5.74) is -0.613. The standard InChI is InChI=1S/C10H5BrF2N2O/c11-6-4-14-15(5-6)10(16)9-7(12)2-1-3-8(9)13/h1-5H. The van der Waals surface area contributed by atoms with E-state index in [-0.39, 0.29) is 0 Å². The van der Waals surface area contributed by atoms with Gasteiger partial charge in [0, 0.05) is 6.20 Å². The number of carbonyl (C=O) groups is 1. The fourth-order valence-electron chi connectivity index (χ4n) is 1.23. The molecule has 1 aromatic carbocycles. The van der Waals surface area contributed by atoms with Crippen molar-refractivity contribution >= 4 is 21.8 Å². The Bertz CT molecular complexity index is 533. The topological polar surface area (TPSA) is 34.9 Å². The van der Waals surface area contributed by atoms with E-state index < -0.39 is 23.1 Å².